The molecule has 0 aromatic heterocycles. The zero-order valence-corrected chi connectivity index (χ0v) is 4.83. The standard InChI is InChI=1S/C4H7N3O/c1-3-4(2)8-7-6-5/h3H,1-2H3. The molecular weight excluding hydrogens is 106 g/mol. The summed E-state index contributed by atoms with van der Waals surface area (Å²) < 4.78 is 0. The maximum absolute atomic E-state index is 7.72. The largest absolute Gasteiger partial charge is 0.399 e. The van der Waals surface area contributed by atoms with E-state index in [2.05, 4.69) is 15.0 Å². The van der Waals surface area contributed by atoms with Gasteiger partial charge in [0.2, 0.25) is 0 Å². The van der Waals surface area contributed by atoms with Gasteiger partial charge in [0.15, 0.2) is 0 Å². The van der Waals surface area contributed by atoms with Crippen LogP contribution in [0.3, 0.4) is 0 Å². The minimum atomic E-state index is 0.600. The quantitative estimate of drug-likeness (QED) is 0.178. The van der Waals surface area contributed by atoms with Crippen LogP contribution in [-0.4, -0.2) is 0 Å². The van der Waals surface area contributed by atoms with E-state index in [0.717, 1.165) is 0 Å². The third kappa shape index (κ3) is 3.06. The zero-order valence-electron chi connectivity index (χ0n) is 4.83. The molecule has 0 fully saturated rings. The number of rotatable bonds is 2. The molecule has 0 spiro atoms. The molecule has 0 aliphatic heterocycles. The predicted molar refractivity (Wildman–Crippen MR) is 29.7 cm³/mol. The Morgan fingerprint density at radius 2 is 2.50 bits per heavy atom. The van der Waals surface area contributed by atoms with E-state index in [1.54, 1.807) is 19.9 Å². The van der Waals surface area contributed by atoms with Crippen molar-refractivity contribution in [2.45, 2.75) is 13.8 Å². The molecule has 4 nitrogen and oxygen atoms in total. The molecule has 0 amide bonds. The van der Waals surface area contributed by atoms with Gasteiger partial charge in [-0.05, 0) is 25.5 Å². The first-order valence-corrected chi connectivity index (χ1v) is 2.15. The average Bonchev–Trinajstić information content (AvgIpc) is 1.83. The first-order chi connectivity index (χ1) is 3.81. The maximum atomic E-state index is 7.72. The van der Waals surface area contributed by atoms with Crippen molar-refractivity contribution in [3.8, 4) is 0 Å². The van der Waals surface area contributed by atoms with Crippen molar-refractivity contribution < 1.29 is 4.84 Å². The third-order valence-corrected chi connectivity index (χ3v) is 0.628. The number of hydrogen-bond donors (Lipinski definition) is 0. The third-order valence-electron chi connectivity index (χ3n) is 0.628. The Balaban J connectivity index is 3.55. The molecule has 0 N–H and O–H groups in total. The van der Waals surface area contributed by atoms with Gasteiger partial charge in [-0.15, -0.1) is 0 Å². The van der Waals surface area contributed by atoms with Crippen LogP contribution in [0.1, 0.15) is 13.8 Å². The lowest BCUT2D eigenvalue weighted by Crippen LogP contribution is -1.72. The molecule has 0 bridgehead atoms. The first-order valence-electron chi connectivity index (χ1n) is 2.15. The fraction of sp³-hybridized carbons (Fsp3) is 0.500. The minimum Gasteiger partial charge on any atom is -0.399 e. The molecule has 0 unspecified atom stereocenters. The predicted octanol–water partition coefficient (Wildman–Crippen LogP) is 2.15. The topological polar surface area (TPSA) is 58.0 Å². The maximum Gasteiger partial charge on any atom is 0.117 e. The molecule has 0 saturated carbocycles. The molecule has 0 aromatic carbocycles. The summed E-state index contributed by atoms with van der Waals surface area (Å²) in [7, 11) is 0. The summed E-state index contributed by atoms with van der Waals surface area (Å²) in [5.41, 5.74) is 7.72. The Morgan fingerprint density at radius 3 is 2.88 bits per heavy atom. The van der Waals surface area contributed by atoms with Crippen molar-refractivity contribution in [3.63, 3.8) is 0 Å². The van der Waals surface area contributed by atoms with Gasteiger partial charge in [0, 0.05) is 4.91 Å². The van der Waals surface area contributed by atoms with E-state index in [4.69, 9.17) is 5.53 Å². The second kappa shape index (κ2) is 4.02. The van der Waals surface area contributed by atoms with Crippen LogP contribution in [0, 0.1) is 0 Å². The fourth-order valence-electron chi connectivity index (χ4n) is 0.135. The van der Waals surface area contributed by atoms with Gasteiger partial charge in [-0.2, -0.15) is 0 Å². The SMILES string of the molecule is CC=C(C)ON=[N+]=[N-]. The highest BCUT2D eigenvalue weighted by molar-refractivity contribution is 4.83. The van der Waals surface area contributed by atoms with E-state index in [0.29, 0.717) is 5.76 Å². The molecule has 0 aromatic rings. The second-order valence-corrected chi connectivity index (χ2v) is 1.16. The summed E-state index contributed by atoms with van der Waals surface area (Å²) in [6.07, 6.45) is 1.70. The molecule has 4 heteroatoms. The van der Waals surface area contributed by atoms with Gasteiger partial charge in [0.1, 0.15) is 11.0 Å². The van der Waals surface area contributed by atoms with Crippen LogP contribution < -0.4 is 0 Å². The van der Waals surface area contributed by atoms with Crippen LogP contribution in [0.4, 0.5) is 0 Å². The van der Waals surface area contributed by atoms with Crippen LogP contribution in [0.25, 0.3) is 10.4 Å². The Hall–Kier alpha value is -1.15. The minimum absolute atomic E-state index is 0.600. The fourth-order valence-corrected chi connectivity index (χ4v) is 0.135. The highest BCUT2D eigenvalue weighted by Gasteiger charge is 1.78. The number of hydrogen-bond acceptors (Lipinski definition) is 2. The summed E-state index contributed by atoms with van der Waals surface area (Å²) in [5, 5.41) is 2.85. The lowest BCUT2D eigenvalue weighted by atomic mass is 10.5. The van der Waals surface area contributed by atoms with Gasteiger partial charge in [0.25, 0.3) is 0 Å². The van der Waals surface area contributed by atoms with Crippen molar-refractivity contribution in [2.24, 2.45) is 5.28 Å². The van der Waals surface area contributed by atoms with Crippen molar-refractivity contribution in [1.29, 1.82) is 0 Å². The monoisotopic (exact) mass is 113 g/mol. The Labute approximate surface area is 47.3 Å². The van der Waals surface area contributed by atoms with Crippen LogP contribution in [0.2, 0.25) is 0 Å². The molecule has 0 aliphatic rings. The van der Waals surface area contributed by atoms with Gasteiger partial charge in [-0.1, -0.05) is 0 Å². The van der Waals surface area contributed by atoms with E-state index in [-0.39, 0.29) is 0 Å². The molecule has 8 heavy (non-hydrogen) atoms. The van der Waals surface area contributed by atoms with Gasteiger partial charge < -0.3 is 4.84 Å². The van der Waals surface area contributed by atoms with E-state index >= 15 is 0 Å². The summed E-state index contributed by atoms with van der Waals surface area (Å²) >= 11 is 0. The Kier molecular flexibility index (Phi) is 3.44. The van der Waals surface area contributed by atoms with Gasteiger partial charge >= 0.3 is 0 Å². The summed E-state index contributed by atoms with van der Waals surface area (Å²) in [5.74, 6) is 0.600. The molecule has 0 heterocycles. The van der Waals surface area contributed by atoms with E-state index in [1.165, 1.54) is 0 Å². The number of allylic oxidation sites excluding steroid dienone is 2. The van der Waals surface area contributed by atoms with Gasteiger partial charge in [-0.3, -0.25) is 0 Å². The molecule has 0 saturated heterocycles. The van der Waals surface area contributed by atoms with E-state index in [1.807, 2.05) is 0 Å². The number of nitrogens with zero attached hydrogens (tertiary/aromatic N) is 3. The van der Waals surface area contributed by atoms with Crippen LogP contribution >= 0.6 is 0 Å². The lowest BCUT2D eigenvalue weighted by Gasteiger charge is -1.90. The first kappa shape index (κ1) is 6.85. The normalized spacial score (nSPS) is 10.0. The van der Waals surface area contributed by atoms with E-state index in [9.17, 15) is 0 Å². The van der Waals surface area contributed by atoms with Crippen LogP contribution in [0.15, 0.2) is 17.1 Å². The molecule has 0 atom stereocenters. The number of azide groups is 1. The van der Waals surface area contributed by atoms with Crippen LogP contribution in [0.5, 0.6) is 0 Å². The molecule has 0 radical (unpaired) electrons. The summed E-state index contributed by atoms with van der Waals surface area (Å²) in [6.45, 7) is 3.50. The highest BCUT2D eigenvalue weighted by Crippen LogP contribution is 1.93. The Bertz CT molecular complexity index is 134. The van der Waals surface area contributed by atoms with Gasteiger partial charge in [-0.25, -0.2) is 0 Å². The average molecular weight is 113 g/mol. The second-order valence-electron chi connectivity index (χ2n) is 1.16. The molecule has 0 rings (SSSR count). The molecule has 44 valence electrons. The van der Waals surface area contributed by atoms with Crippen LogP contribution in [-0.2, 0) is 4.84 Å². The van der Waals surface area contributed by atoms with E-state index < -0.39 is 0 Å². The highest BCUT2D eigenvalue weighted by atomic mass is 16.6. The lowest BCUT2D eigenvalue weighted by molar-refractivity contribution is 0.222. The van der Waals surface area contributed by atoms with Crippen molar-refractivity contribution >= 4 is 0 Å². The zero-order chi connectivity index (χ0) is 6.41. The van der Waals surface area contributed by atoms with Gasteiger partial charge in [0.05, 0.1) is 0 Å². The van der Waals surface area contributed by atoms with Crippen molar-refractivity contribution in [3.05, 3.63) is 22.3 Å². The van der Waals surface area contributed by atoms with Crippen molar-refractivity contribution in [2.75, 3.05) is 0 Å². The summed E-state index contributed by atoms with van der Waals surface area (Å²) in [4.78, 5) is 6.80. The smallest absolute Gasteiger partial charge is 0.117 e. The summed E-state index contributed by atoms with van der Waals surface area (Å²) in [6, 6.07) is 0. The molecular formula is C4H7N3O. The Morgan fingerprint density at radius 1 is 1.88 bits per heavy atom. The van der Waals surface area contributed by atoms with Crippen molar-refractivity contribution in [1.82, 2.24) is 0 Å². The molecule has 0 aliphatic carbocycles.